The smallest absolute Gasteiger partial charge is 0.253 e. The van der Waals surface area contributed by atoms with Gasteiger partial charge in [-0.1, -0.05) is 36.4 Å². The fraction of sp³-hybridized carbons (Fsp3) is 0.261. The van der Waals surface area contributed by atoms with Crippen LogP contribution in [0.25, 0.3) is 0 Å². The molecule has 6 nitrogen and oxygen atoms in total. The van der Waals surface area contributed by atoms with Crippen LogP contribution in [0.2, 0.25) is 0 Å². The van der Waals surface area contributed by atoms with Gasteiger partial charge in [0.1, 0.15) is 0 Å². The summed E-state index contributed by atoms with van der Waals surface area (Å²) in [5.41, 5.74) is 9.58. The number of nitrogens with two attached hydrogens (primary N) is 1. The van der Waals surface area contributed by atoms with Gasteiger partial charge in [0.2, 0.25) is 0 Å². The first-order valence-electron chi connectivity index (χ1n) is 9.86. The summed E-state index contributed by atoms with van der Waals surface area (Å²) in [6.07, 6.45) is 0. The van der Waals surface area contributed by atoms with Gasteiger partial charge in [-0.05, 0) is 55.3 Å². The molecular weight excluding hydrogens is 362 g/mol. The summed E-state index contributed by atoms with van der Waals surface area (Å²) in [4.78, 5) is 15.1. The van der Waals surface area contributed by atoms with E-state index >= 15 is 0 Å². The van der Waals surface area contributed by atoms with E-state index in [-0.39, 0.29) is 17.7 Å². The summed E-state index contributed by atoms with van der Waals surface area (Å²) < 4.78 is 0. The van der Waals surface area contributed by atoms with Crippen molar-refractivity contribution < 1.29 is 4.79 Å². The number of aromatic nitrogens is 2. The van der Waals surface area contributed by atoms with Crippen molar-refractivity contribution in [1.82, 2.24) is 15.1 Å². The van der Waals surface area contributed by atoms with Gasteiger partial charge >= 0.3 is 0 Å². The monoisotopic (exact) mass is 387 g/mol. The van der Waals surface area contributed by atoms with Crippen LogP contribution >= 0.6 is 0 Å². The molecule has 2 aromatic carbocycles. The van der Waals surface area contributed by atoms with Gasteiger partial charge in [-0.15, -0.1) is 5.10 Å². The molecule has 0 aliphatic carbocycles. The number of nitrogens with one attached hydrogen (secondary N) is 1. The number of carbonyl (C=O) groups is 1. The highest BCUT2D eigenvalue weighted by Gasteiger charge is 2.35. The molecular formula is C23H25N5O. The predicted octanol–water partition coefficient (Wildman–Crippen LogP) is 3.34. The first-order chi connectivity index (χ1) is 14.1. The minimum atomic E-state index is 0.0283. The lowest BCUT2D eigenvalue weighted by Gasteiger charge is -2.17. The Hall–Kier alpha value is -3.25. The fourth-order valence-electron chi connectivity index (χ4n) is 3.88. The molecule has 1 amide bonds. The van der Waals surface area contributed by atoms with Gasteiger partial charge in [0.25, 0.3) is 5.91 Å². The fourth-order valence-corrected chi connectivity index (χ4v) is 3.88. The van der Waals surface area contributed by atoms with Crippen molar-refractivity contribution in [2.24, 2.45) is 11.7 Å². The van der Waals surface area contributed by atoms with Crippen LogP contribution in [0.15, 0.2) is 66.7 Å². The van der Waals surface area contributed by atoms with Crippen LogP contribution in [0.5, 0.6) is 0 Å². The Kier molecular flexibility index (Phi) is 5.53. The van der Waals surface area contributed by atoms with Gasteiger partial charge < -0.3 is 16.0 Å². The SMILES string of the molecule is Cc1ccc(Nc2cccc(C(=O)N3C[C@@H](CN)[C@H](c4ccccc4)C3)c2)nn1. The Labute approximate surface area is 170 Å². The average molecular weight is 387 g/mol. The number of nitrogens with zero attached hydrogens (tertiary/aromatic N) is 3. The van der Waals surface area contributed by atoms with Crippen molar-refractivity contribution in [3.05, 3.63) is 83.6 Å². The van der Waals surface area contributed by atoms with E-state index in [0.29, 0.717) is 31.0 Å². The molecule has 1 aliphatic heterocycles. The highest BCUT2D eigenvalue weighted by atomic mass is 16.2. The largest absolute Gasteiger partial charge is 0.339 e. The zero-order valence-electron chi connectivity index (χ0n) is 16.5. The first kappa shape index (κ1) is 19.1. The molecule has 0 radical (unpaired) electrons. The van der Waals surface area contributed by atoms with Crippen LogP contribution in [0.4, 0.5) is 11.5 Å². The van der Waals surface area contributed by atoms with Crippen LogP contribution < -0.4 is 11.1 Å². The second kappa shape index (κ2) is 8.41. The van der Waals surface area contributed by atoms with Crippen molar-refractivity contribution in [1.29, 1.82) is 0 Å². The molecule has 0 unspecified atom stereocenters. The number of carbonyl (C=O) groups excluding carboxylic acids is 1. The molecule has 0 saturated carbocycles. The van der Waals surface area contributed by atoms with Crippen LogP contribution in [0, 0.1) is 12.8 Å². The third-order valence-corrected chi connectivity index (χ3v) is 5.44. The van der Waals surface area contributed by atoms with Gasteiger partial charge in [-0.2, -0.15) is 5.10 Å². The molecule has 1 aliphatic rings. The van der Waals surface area contributed by atoms with Crippen molar-refractivity contribution in [3.63, 3.8) is 0 Å². The number of likely N-dealkylation sites (tertiary alicyclic amines) is 1. The highest BCUT2D eigenvalue weighted by molar-refractivity contribution is 5.95. The van der Waals surface area contributed by atoms with E-state index in [1.807, 2.05) is 66.4 Å². The van der Waals surface area contributed by atoms with Gasteiger partial charge in [-0.3, -0.25) is 4.79 Å². The zero-order chi connectivity index (χ0) is 20.2. The van der Waals surface area contributed by atoms with E-state index in [9.17, 15) is 4.79 Å². The predicted molar refractivity (Wildman–Crippen MR) is 114 cm³/mol. The Balaban J connectivity index is 1.50. The summed E-state index contributed by atoms with van der Waals surface area (Å²) in [6.45, 7) is 3.82. The van der Waals surface area contributed by atoms with E-state index in [4.69, 9.17) is 5.73 Å². The zero-order valence-corrected chi connectivity index (χ0v) is 16.5. The number of anilines is 2. The molecule has 0 spiro atoms. The lowest BCUT2D eigenvalue weighted by Crippen LogP contribution is -2.29. The Morgan fingerprint density at radius 2 is 1.90 bits per heavy atom. The Morgan fingerprint density at radius 1 is 1.07 bits per heavy atom. The van der Waals surface area contributed by atoms with Gasteiger partial charge in [0, 0.05) is 30.3 Å². The van der Waals surface area contributed by atoms with E-state index in [1.165, 1.54) is 5.56 Å². The summed E-state index contributed by atoms with van der Waals surface area (Å²) >= 11 is 0. The molecule has 2 atom stereocenters. The van der Waals surface area contributed by atoms with Gasteiger partial charge in [0.05, 0.1) is 5.69 Å². The van der Waals surface area contributed by atoms with E-state index < -0.39 is 0 Å². The van der Waals surface area contributed by atoms with Gasteiger partial charge in [-0.25, -0.2) is 0 Å². The third-order valence-electron chi connectivity index (χ3n) is 5.44. The van der Waals surface area contributed by atoms with Crippen molar-refractivity contribution in [2.45, 2.75) is 12.8 Å². The number of aryl methyl sites for hydroxylation is 1. The Morgan fingerprint density at radius 3 is 2.62 bits per heavy atom. The second-order valence-corrected chi connectivity index (χ2v) is 7.49. The summed E-state index contributed by atoms with van der Waals surface area (Å²) in [5, 5.41) is 11.4. The van der Waals surface area contributed by atoms with Crippen LogP contribution in [0.1, 0.15) is 27.5 Å². The molecule has 4 rings (SSSR count). The van der Waals surface area contributed by atoms with Crippen LogP contribution in [-0.2, 0) is 0 Å². The molecule has 3 aromatic rings. The topological polar surface area (TPSA) is 84.1 Å². The summed E-state index contributed by atoms with van der Waals surface area (Å²) in [7, 11) is 0. The van der Waals surface area contributed by atoms with Crippen LogP contribution in [-0.4, -0.2) is 40.6 Å². The molecule has 0 bridgehead atoms. The molecule has 29 heavy (non-hydrogen) atoms. The summed E-state index contributed by atoms with van der Waals surface area (Å²) in [6, 6.07) is 21.6. The van der Waals surface area contributed by atoms with E-state index in [2.05, 4.69) is 27.6 Å². The maximum Gasteiger partial charge on any atom is 0.253 e. The molecule has 1 aromatic heterocycles. The van der Waals surface area contributed by atoms with Crippen LogP contribution in [0.3, 0.4) is 0 Å². The maximum atomic E-state index is 13.2. The maximum absolute atomic E-state index is 13.2. The second-order valence-electron chi connectivity index (χ2n) is 7.49. The number of amides is 1. The number of hydrogen-bond donors (Lipinski definition) is 2. The van der Waals surface area contributed by atoms with Gasteiger partial charge in [0.15, 0.2) is 5.82 Å². The van der Waals surface area contributed by atoms with Crippen molar-refractivity contribution in [3.8, 4) is 0 Å². The lowest BCUT2D eigenvalue weighted by molar-refractivity contribution is 0.0786. The lowest BCUT2D eigenvalue weighted by atomic mass is 9.89. The molecule has 3 N–H and O–H groups in total. The minimum absolute atomic E-state index is 0.0283. The van der Waals surface area contributed by atoms with Crippen molar-refractivity contribution in [2.75, 3.05) is 25.0 Å². The normalized spacial score (nSPS) is 18.6. The van der Waals surface area contributed by atoms with E-state index in [0.717, 1.165) is 11.4 Å². The minimum Gasteiger partial charge on any atom is -0.339 e. The number of rotatable bonds is 5. The molecule has 1 saturated heterocycles. The number of hydrogen-bond acceptors (Lipinski definition) is 5. The summed E-state index contributed by atoms with van der Waals surface area (Å²) in [5.74, 6) is 1.22. The molecule has 6 heteroatoms. The van der Waals surface area contributed by atoms with E-state index in [1.54, 1.807) is 0 Å². The number of benzene rings is 2. The highest BCUT2D eigenvalue weighted by Crippen LogP contribution is 2.33. The first-order valence-corrected chi connectivity index (χ1v) is 9.86. The molecule has 148 valence electrons. The quantitative estimate of drug-likeness (QED) is 0.701. The third kappa shape index (κ3) is 4.27. The standard InChI is InChI=1S/C23H25N5O/c1-16-10-11-22(27-26-16)25-20-9-5-8-18(12-20)23(29)28-14-19(13-24)21(15-28)17-6-3-2-4-7-17/h2-12,19,21H,13-15,24H2,1H3,(H,25,27)/t19-,21+/m1/s1. The average Bonchev–Trinajstić information content (AvgIpc) is 3.20. The Bertz CT molecular complexity index is 974. The molecule has 1 fully saturated rings. The van der Waals surface area contributed by atoms with Crippen molar-refractivity contribution >= 4 is 17.4 Å². The molecule has 2 heterocycles.